The van der Waals surface area contributed by atoms with Crippen LogP contribution >= 0.6 is 0 Å². The van der Waals surface area contributed by atoms with Gasteiger partial charge in [0.15, 0.2) is 5.78 Å². The molecule has 0 heterocycles. The summed E-state index contributed by atoms with van der Waals surface area (Å²) in [5, 5.41) is 0. The van der Waals surface area contributed by atoms with Gasteiger partial charge in [-0.15, -0.1) is 0 Å². The maximum atomic E-state index is 12.2. The van der Waals surface area contributed by atoms with Crippen molar-refractivity contribution >= 4 is 5.78 Å². The molecule has 2 atom stereocenters. The highest BCUT2D eigenvalue weighted by Gasteiger charge is 2.51. The summed E-state index contributed by atoms with van der Waals surface area (Å²) in [6.07, 6.45) is 6.71. The van der Waals surface area contributed by atoms with Gasteiger partial charge in [-0.3, -0.25) is 4.79 Å². The Kier molecular flexibility index (Phi) is 2.33. The first-order valence-electron chi connectivity index (χ1n) is 6.06. The summed E-state index contributed by atoms with van der Waals surface area (Å²) in [4.78, 5) is 12.2. The van der Waals surface area contributed by atoms with E-state index in [-0.39, 0.29) is 16.7 Å². The van der Waals surface area contributed by atoms with E-state index in [1.165, 1.54) is 24.8 Å². The molecule has 1 nitrogen and oxygen atoms in total. The molecule has 15 heavy (non-hydrogen) atoms. The van der Waals surface area contributed by atoms with Gasteiger partial charge in [-0.05, 0) is 43.1 Å². The third-order valence-corrected chi connectivity index (χ3v) is 4.40. The first-order valence-corrected chi connectivity index (χ1v) is 6.06. The van der Waals surface area contributed by atoms with Crippen molar-refractivity contribution in [2.75, 3.05) is 0 Å². The molecule has 1 heteroatoms. The zero-order valence-electron chi connectivity index (χ0n) is 10.4. The zero-order chi connectivity index (χ0) is 11.3. The molecule has 0 bridgehead atoms. The summed E-state index contributed by atoms with van der Waals surface area (Å²) in [6.45, 7) is 8.94. The summed E-state index contributed by atoms with van der Waals surface area (Å²) >= 11 is 0. The van der Waals surface area contributed by atoms with Gasteiger partial charge >= 0.3 is 0 Å². The maximum absolute atomic E-state index is 12.2. The normalized spacial score (nSPS) is 39.6. The fourth-order valence-corrected chi connectivity index (χ4v) is 4.11. The molecule has 1 saturated carbocycles. The SMILES string of the molecule is CC1=CC(=O)[C@H]2C(C)(C)CCC[C@]2(C)C1. The predicted molar refractivity (Wildman–Crippen MR) is 62.6 cm³/mol. The van der Waals surface area contributed by atoms with Gasteiger partial charge in [0.1, 0.15) is 0 Å². The summed E-state index contributed by atoms with van der Waals surface area (Å²) in [5.41, 5.74) is 1.70. The molecule has 1 fully saturated rings. The quantitative estimate of drug-likeness (QED) is 0.590. The van der Waals surface area contributed by atoms with Gasteiger partial charge in [0.05, 0.1) is 0 Å². The van der Waals surface area contributed by atoms with Gasteiger partial charge in [-0.2, -0.15) is 0 Å². The molecule has 0 unspecified atom stereocenters. The summed E-state index contributed by atoms with van der Waals surface area (Å²) in [5.74, 6) is 0.633. The molecule has 2 rings (SSSR count). The molecule has 0 radical (unpaired) electrons. The van der Waals surface area contributed by atoms with Crippen molar-refractivity contribution in [3.63, 3.8) is 0 Å². The number of rotatable bonds is 0. The Morgan fingerprint density at radius 3 is 2.60 bits per heavy atom. The lowest BCUT2D eigenvalue weighted by Gasteiger charge is -2.51. The second kappa shape index (κ2) is 3.20. The monoisotopic (exact) mass is 206 g/mol. The Morgan fingerprint density at radius 1 is 1.27 bits per heavy atom. The highest BCUT2D eigenvalue weighted by Crippen LogP contribution is 2.55. The number of carbonyl (C=O) groups is 1. The van der Waals surface area contributed by atoms with Crippen LogP contribution in [0.15, 0.2) is 11.6 Å². The van der Waals surface area contributed by atoms with E-state index in [2.05, 4.69) is 27.7 Å². The lowest BCUT2D eigenvalue weighted by atomic mass is 9.52. The number of allylic oxidation sites excluding steroid dienone is 2. The van der Waals surface area contributed by atoms with Crippen LogP contribution in [-0.2, 0) is 4.79 Å². The van der Waals surface area contributed by atoms with Crippen molar-refractivity contribution in [3.05, 3.63) is 11.6 Å². The molecule has 0 N–H and O–H groups in total. The van der Waals surface area contributed by atoms with E-state index in [0.717, 1.165) is 6.42 Å². The van der Waals surface area contributed by atoms with E-state index in [1.54, 1.807) is 0 Å². The van der Waals surface area contributed by atoms with E-state index in [4.69, 9.17) is 0 Å². The van der Waals surface area contributed by atoms with Crippen LogP contribution in [0.3, 0.4) is 0 Å². The predicted octanol–water partition coefficient (Wildman–Crippen LogP) is 3.74. The molecule has 2 aliphatic carbocycles. The Hall–Kier alpha value is -0.590. The summed E-state index contributed by atoms with van der Waals surface area (Å²) in [7, 11) is 0. The Bertz CT molecular complexity index is 324. The smallest absolute Gasteiger partial charge is 0.159 e. The molecule has 2 aliphatic rings. The average molecular weight is 206 g/mol. The number of carbonyl (C=O) groups excluding carboxylic acids is 1. The molecule has 0 aromatic rings. The van der Waals surface area contributed by atoms with Gasteiger partial charge in [0, 0.05) is 5.92 Å². The molecule has 0 aromatic heterocycles. The molecule has 0 saturated heterocycles. The van der Waals surface area contributed by atoms with Gasteiger partial charge in [-0.1, -0.05) is 32.8 Å². The van der Waals surface area contributed by atoms with Crippen molar-refractivity contribution in [1.29, 1.82) is 0 Å². The Balaban J connectivity index is 2.43. The van der Waals surface area contributed by atoms with Crippen molar-refractivity contribution in [2.45, 2.75) is 53.4 Å². The van der Waals surface area contributed by atoms with Crippen molar-refractivity contribution < 1.29 is 4.79 Å². The molecular weight excluding hydrogens is 184 g/mol. The molecule has 0 amide bonds. The number of ketones is 1. The van der Waals surface area contributed by atoms with E-state index in [0.29, 0.717) is 5.78 Å². The minimum atomic E-state index is 0.196. The summed E-state index contributed by atoms with van der Waals surface area (Å²) in [6, 6.07) is 0. The van der Waals surface area contributed by atoms with Crippen LogP contribution in [-0.4, -0.2) is 5.78 Å². The average Bonchev–Trinajstić information content (AvgIpc) is 1.97. The largest absolute Gasteiger partial charge is 0.295 e. The van der Waals surface area contributed by atoms with Crippen LogP contribution in [0.4, 0.5) is 0 Å². The number of fused-ring (bicyclic) bond motifs is 1. The fraction of sp³-hybridized carbons (Fsp3) is 0.786. The van der Waals surface area contributed by atoms with Crippen molar-refractivity contribution in [1.82, 2.24) is 0 Å². The van der Waals surface area contributed by atoms with Crippen LogP contribution in [0.2, 0.25) is 0 Å². The van der Waals surface area contributed by atoms with Gasteiger partial charge in [0.2, 0.25) is 0 Å². The van der Waals surface area contributed by atoms with E-state index in [9.17, 15) is 4.79 Å². The van der Waals surface area contributed by atoms with Crippen LogP contribution in [0, 0.1) is 16.7 Å². The molecule has 0 spiro atoms. The van der Waals surface area contributed by atoms with Crippen molar-refractivity contribution in [3.8, 4) is 0 Å². The topological polar surface area (TPSA) is 17.1 Å². The minimum absolute atomic E-state index is 0.196. The highest BCUT2D eigenvalue weighted by molar-refractivity contribution is 5.94. The number of hydrogen-bond donors (Lipinski definition) is 0. The van der Waals surface area contributed by atoms with Gasteiger partial charge < -0.3 is 0 Å². The standard InChI is InChI=1S/C14H22O/c1-10-8-11(15)12-13(2,3)6-5-7-14(12,4)9-10/h8,12H,5-7,9H2,1-4H3/t12-,14+/m0/s1. The van der Waals surface area contributed by atoms with Crippen LogP contribution < -0.4 is 0 Å². The number of hydrogen-bond acceptors (Lipinski definition) is 1. The van der Waals surface area contributed by atoms with Crippen LogP contribution in [0.25, 0.3) is 0 Å². The maximum Gasteiger partial charge on any atom is 0.159 e. The molecular formula is C14H22O. The van der Waals surface area contributed by atoms with E-state index in [1.807, 2.05) is 6.08 Å². The first kappa shape index (κ1) is 10.9. The third kappa shape index (κ3) is 1.66. The highest BCUT2D eigenvalue weighted by atomic mass is 16.1. The van der Waals surface area contributed by atoms with E-state index < -0.39 is 0 Å². The second-order valence-corrected chi connectivity index (χ2v) is 6.50. The summed E-state index contributed by atoms with van der Waals surface area (Å²) < 4.78 is 0. The van der Waals surface area contributed by atoms with E-state index >= 15 is 0 Å². The van der Waals surface area contributed by atoms with Gasteiger partial charge in [0.25, 0.3) is 0 Å². The first-order chi connectivity index (χ1) is 6.85. The Morgan fingerprint density at radius 2 is 1.93 bits per heavy atom. The molecule has 0 aromatic carbocycles. The van der Waals surface area contributed by atoms with Gasteiger partial charge in [-0.25, -0.2) is 0 Å². The lowest BCUT2D eigenvalue weighted by molar-refractivity contribution is -0.132. The fourth-order valence-electron chi connectivity index (χ4n) is 4.11. The Labute approximate surface area is 92.9 Å². The van der Waals surface area contributed by atoms with Crippen LogP contribution in [0.1, 0.15) is 53.4 Å². The minimum Gasteiger partial charge on any atom is -0.295 e. The molecule has 84 valence electrons. The van der Waals surface area contributed by atoms with Crippen LogP contribution in [0.5, 0.6) is 0 Å². The van der Waals surface area contributed by atoms with Crippen molar-refractivity contribution in [2.24, 2.45) is 16.7 Å². The molecule has 0 aliphatic heterocycles. The third-order valence-electron chi connectivity index (χ3n) is 4.40. The zero-order valence-corrected chi connectivity index (χ0v) is 10.4. The second-order valence-electron chi connectivity index (χ2n) is 6.50. The lowest BCUT2D eigenvalue weighted by Crippen LogP contribution is -2.48.